The molecule has 0 amide bonds. The van der Waals surface area contributed by atoms with Crippen molar-refractivity contribution in [2.45, 2.75) is 19.6 Å². The third kappa shape index (κ3) is 4.53. The number of rotatable bonds is 7. The Morgan fingerprint density at radius 1 is 1.44 bits per heavy atom. The Morgan fingerprint density at radius 2 is 1.94 bits per heavy atom. The van der Waals surface area contributed by atoms with E-state index in [1.165, 1.54) is 6.92 Å². The molecule has 106 valence electrons. The summed E-state index contributed by atoms with van der Waals surface area (Å²) in [5.74, 6) is -1.61. The van der Waals surface area contributed by atoms with Crippen molar-refractivity contribution in [3.8, 4) is 0 Å². The molecule has 0 aromatic heterocycles. The monoisotopic (exact) mass is 280 g/mol. The highest BCUT2D eigenvalue weighted by Gasteiger charge is 2.47. The molecule has 2 atom stereocenters. The van der Waals surface area contributed by atoms with E-state index in [1.54, 1.807) is 28.1 Å². The second-order valence-electron chi connectivity index (χ2n) is 4.90. The van der Waals surface area contributed by atoms with Crippen LogP contribution in [0.3, 0.4) is 0 Å². The van der Waals surface area contributed by atoms with Gasteiger partial charge in [0.15, 0.2) is 0 Å². The van der Waals surface area contributed by atoms with E-state index in [2.05, 4.69) is 6.58 Å². The average Bonchev–Trinajstić information content (AvgIpc) is 2.15. The topological polar surface area (TPSA) is 72.8 Å². The summed E-state index contributed by atoms with van der Waals surface area (Å²) in [7, 11) is 1.46. The molecule has 6 nitrogen and oxygen atoms in total. The van der Waals surface area contributed by atoms with Crippen LogP contribution in [0, 0.1) is 0 Å². The van der Waals surface area contributed by atoms with Crippen LogP contribution < -0.4 is 0 Å². The molecule has 0 fully saturated rings. The van der Waals surface area contributed by atoms with Crippen molar-refractivity contribution in [3.63, 3.8) is 0 Å². The fourth-order valence-electron chi connectivity index (χ4n) is 1.32. The molecule has 0 heterocycles. The molecular weight excluding hydrogens is 257 g/mol. The van der Waals surface area contributed by atoms with Crippen molar-refractivity contribution >= 4 is 13.6 Å². The maximum atomic E-state index is 12.6. The Bertz CT molecular complexity index is 361. The maximum absolute atomic E-state index is 12.6. The van der Waals surface area contributed by atoms with Gasteiger partial charge in [-0.05, 0) is 13.8 Å². The van der Waals surface area contributed by atoms with Crippen LogP contribution in [0.25, 0.3) is 0 Å². The Kier molecular flexibility index (Phi) is 6.23. The average molecular weight is 280 g/mol. The molecule has 18 heavy (non-hydrogen) atoms. The first-order chi connectivity index (χ1) is 8.08. The second-order valence-corrected chi connectivity index (χ2v) is 7.01. The van der Waals surface area contributed by atoms with Crippen molar-refractivity contribution < 1.29 is 28.0 Å². The summed E-state index contributed by atoms with van der Waals surface area (Å²) in [5.41, 5.74) is 0.132. The molecule has 0 aliphatic carbocycles. The van der Waals surface area contributed by atoms with Gasteiger partial charge in [0.2, 0.25) is 5.78 Å². The fourth-order valence-corrected chi connectivity index (χ4v) is 3.46. The molecule has 0 saturated heterocycles. The van der Waals surface area contributed by atoms with Crippen molar-refractivity contribution in [1.82, 2.24) is 0 Å². The molecule has 0 rings (SSSR count). The Hall–Kier alpha value is -0.680. The predicted octanol–water partition coefficient (Wildman–Crippen LogP) is 1.36. The molecule has 0 spiro atoms. The molecule has 0 radical (unpaired) electrons. The van der Waals surface area contributed by atoms with Crippen LogP contribution >= 0.6 is 7.60 Å². The van der Waals surface area contributed by atoms with Gasteiger partial charge >= 0.3 is 13.6 Å². The molecule has 0 aliphatic heterocycles. The molecule has 0 aromatic rings. The quantitative estimate of drug-likeness (QED) is 0.433. The van der Waals surface area contributed by atoms with Crippen LogP contribution in [0.4, 0.5) is 0 Å². The highest BCUT2D eigenvalue weighted by atomic mass is 31.2. The zero-order valence-corrected chi connectivity index (χ0v) is 12.6. The minimum atomic E-state index is -3.75. The van der Waals surface area contributed by atoms with Crippen molar-refractivity contribution in [1.29, 1.82) is 0 Å². The lowest BCUT2D eigenvalue weighted by Crippen LogP contribution is -2.47. The predicted molar refractivity (Wildman–Crippen MR) is 69.0 cm³/mol. The van der Waals surface area contributed by atoms with E-state index >= 15 is 0 Å². The van der Waals surface area contributed by atoms with Crippen LogP contribution in [0.15, 0.2) is 12.2 Å². The number of aliphatic hydroxyl groups excluding tert-OH is 1. The van der Waals surface area contributed by atoms with Gasteiger partial charge in [0.1, 0.15) is 6.61 Å². The van der Waals surface area contributed by atoms with Gasteiger partial charge < -0.3 is 14.1 Å². The first-order valence-corrected chi connectivity index (χ1v) is 7.25. The number of likely N-dealkylation sites (N-methyl/N-ethyl adjacent to an activating group) is 1. The van der Waals surface area contributed by atoms with Gasteiger partial charge in [0.05, 0.1) is 27.7 Å². The van der Waals surface area contributed by atoms with Gasteiger partial charge in [0, 0.05) is 5.57 Å². The summed E-state index contributed by atoms with van der Waals surface area (Å²) in [6, 6.07) is 0. The van der Waals surface area contributed by atoms with E-state index in [9.17, 15) is 14.5 Å². The van der Waals surface area contributed by atoms with E-state index in [0.29, 0.717) is 0 Å². The molecule has 1 N–H and O–H groups in total. The summed E-state index contributed by atoms with van der Waals surface area (Å²) in [6.07, 6.45) is 0. The van der Waals surface area contributed by atoms with Crippen LogP contribution in [0.1, 0.15) is 13.8 Å². The Labute approximate surface area is 108 Å². The summed E-state index contributed by atoms with van der Waals surface area (Å²) in [5, 5.41) is 9.39. The minimum Gasteiger partial charge on any atom is -0.389 e. The zero-order valence-electron chi connectivity index (χ0n) is 11.7. The van der Waals surface area contributed by atoms with Crippen molar-refractivity contribution in [2.24, 2.45) is 0 Å². The number of carbonyl (C=O) groups excluding carboxylic acids is 1. The highest BCUT2D eigenvalue weighted by Crippen LogP contribution is 2.55. The first kappa shape index (κ1) is 17.3. The van der Waals surface area contributed by atoms with E-state index in [-0.39, 0.29) is 16.7 Å². The van der Waals surface area contributed by atoms with E-state index in [0.717, 1.165) is 0 Å². The van der Waals surface area contributed by atoms with Gasteiger partial charge in [-0.15, -0.1) is 0 Å². The van der Waals surface area contributed by atoms with Gasteiger partial charge in [-0.25, -0.2) is 9.36 Å². The molecule has 0 saturated carbocycles. The summed E-state index contributed by atoms with van der Waals surface area (Å²) in [6.45, 7) is 6.24. The summed E-state index contributed by atoms with van der Waals surface area (Å²) < 4.78 is 22.8. The number of hydrogen-bond acceptors (Lipinski definition) is 5. The standard InChI is InChI=1S/C11H23NO5P/c1-7-16-18(15,17-11(14)9(2)3)10(8-13)12(4,5)6/h10,13H,2,7-8H2,1,3-6H3/q+1. The minimum absolute atomic E-state index is 0.122. The summed E-state index contributed by atoms with van der Waals surface area (Å²) in [4.78, 5) is 11.5. The first-order valence-electron chi connectivity index (χ1n) is 5.64. The highest BCUT2D eigenvalue weighted by molar-refractivity contribution is 7.55. The number of hydrogen-bond donors (Lipinski definition) is 1. The molecule has 0 aromatic carbocycles. The summed E-state index contributed by atoms with van der Waals surface area (Å²) >= 11 is 0. The molecule has 7 heteroatoms. The number of nitrogens with zero attached hydrogens (tertiary/aromatic N) is 1. The lowest BCUT2D eigenvalue weighted by molar-refractivity contribution is -0.883. The maximum Gasteiger partial charge on any atom is 0.441 e. The van der Waals surface area contributed by atoms with E-state index < -0.39 is 26.0 Å². The number of aliphatic hydroxyl groups is 1. The number of carbonyl (C=O) groups is 1. The largest absolute Gasteiger partial charge is 0.441 e. The van der Waals surface area contributed by atoms with Gasteiger partial charge in [0.25, 0.3) is 0 Å². The molecule has 2 unspecified atom stereocenters. The van der Waals surface area contributed by atoms with Crippen LogP contribution in [0.2, 0.25) is 0 Å². The molecular formula is C11H23NO5P+. The third-order valence-electron chi connectivity index (χ3n) is 2.29. The molecule has 0 aliphatic rings. The van der Waals surface area contributed by atoms with Gasteiger partial charge in [-0.2, -0.15) is 0 Å². The SMILES string of the molecule is C=C(C)C(=O)OP(=O)(OCC)C(CO)[N+](C)(C)C. The number of quaternary nitrogens is 1. The lowest BCUT2D eigenvalue weighted by atomic mass is 10.4. The zero-order chi connectivity index (χ0) is 14.6. The fraction of sp³-hybridized carbons (Fsp3) is 0.727. The van der Waals surface area contributed by atoms with Crippen LogP contribution in [-0.4, -0.2) is 55.7 Å². The normalized spacial score (nSPS) is 16.8. The van der Waals surface area contributed by atoms with E-state index in [4.69, 9.17) is 9.05 Å². The lowest BCUT2D eigenvalue weighted by Gasteiger charge is -2.35. The van der Waals surface area contributed by atoms with Crippen molar-refractivity contribution in [2.75, 3.05) is 34.4 Å². The second kappa shape index (κ2) is 6.48. The Balaban J connectivity index is 5.30. The Morgan fingerprint density at radius 3 is 2.22 bits per heavy atom. The van der Waals surface area contributed by atoms with Crippen LogP contribution in [-0.2, 0) is 18.4 Å². The van der Waals surface area contributed by atoms with Gasteiger partial charge in [-0.3, -0.25) is 4.52 Å². The van der Waals surface area contributed by atoms with Gasteiger partial charge in [-0.1, -0.05) is 6.58 Å². The van der Waals surface area contributed by atoms with Crippen molar-refractivity contribution in [3.05, 3.63) is 12.2 Å². The molecule has 0 bridgehead atoms. The smallest absolute Gasteiger partial charge is 0.389 e. The van der Waals surface area contributed by atoms with Crippen LogP contribution in [0.5, 0.6) is 0 Å². The van der Waals surface area contributed by atoms with E-state index in [1.807, 2.05) is 0 Å². The third-order valence-corrected chi connectivity index (χ3v) is 4.91.